The van der Waals surface area contributed by atoms with Crippen LogP contribution in [0.5, 0.6) is 11.5 Å². The van der Waals surface area contributed by atoms with Crippen molar-refractivity contribution in [3.05, 3.63) is 42.7 Å². The maximum atomic E-state index is 12.3. The topological polar surface area (TPSA) is 72.8 Å². The zero-order valence-electron chi connectivity index (χ0n) is 13.7. The van der Waals surface area contributed by atoms with Crippen molar-refractivity contribution in [2.24, 2.45) is 5.92 Å². The molecule has 1 N–H and O–H groups in total. The van der Waals surface area contributed by atoms with Crippen molar-refractivity contribution in [2.45, 2.75) is 13.0 Å². The molecule has 2 amide bonds. The van der Waals surface area contributed by atoms with E-state index >= 15 is 0 Å². The summed E-state index contributed by atoms with van der Waals surface area (Å²) in [6, 6.07) is 9.28. The second-order valence-electron chi connectivity index (χ2n) is 6.15. The number of carbonyl (C=O) groups excluding carboxylic acids is 2. The van der Waals surface area contributed by atoms with Crippen LogP contribution in [0.1, 0.15) is 6.42 Å². The summed E-state index contributed by atoms with van der Waals surface area (Å²) < 4.78 is 12.6. The molecule has 130 valence electrons. The summed E-state index contributed by atoms with van der Waals surface area (Å²) in [7, 11) is 0. The Morgan fingerprint density at radius 2 is 2.00 bits per heavy atom. The van der Waals surface area contributed by atoms with Gasteiger partial charge in [0.15, 0.2) is 11.5 Å². The van der Waals surface area contributed by atoms with Crippen molar-refractivity contribution >= 4 is 17.5 Å². The predicted octanol–water partition coefficient (Wildman–Crippen LogP) is 1.39. The van der Waals surface area contributed by atoms with Crippen LogP contribution in [0.2, 0.25) is 0 Å². The predicted molar refractivity (Wildman–Crippen MR) is 90.5 cm³/mol. The number of fused-ring (bicyclic) bond motifs is 1. The summed E-state index contributed by atoms with van der Waals surface area (Å²) in [5.74, 6) is 0.843. The standard InChI is InChI=1S/C18H19N3O4/c22-17-9-13(18(23)19-5-8-20-6-1-2-7-20)11-21(17)14-3-4-15-16(10-14)25-12-24-15/h1-4,6-7,10,13H,5,8-9,11-12H2,(H,19,23). The molecule has 4 rings (SSSR count). The Labute approximate surface area is 145 Å². The van der Waals surface area contributed by atoms with Gasteiger partial charge in [-0.05, 0) is 24.3 Å². The average Bonchev–Trinajstić information content (AvgIpc) is 3.34. The Morgan fingerprint density at radius 1 is 1.20 bits per heavy atom. The Bertz CT molecular complexity index is 788. The van der Waals surface area contributed by atoms with E-state index in [0.717, 1.165) is 5.69 Å². The van der Waals surface area contributed by atoms with Gasteiger partial charge < -0.3 is 24.3 Å². The SMILES string of the molecule is O=C(NCCn1cccc1)C1CC(=O)N(c2ccc3c(c2)OCO3)C1. The van der Waals surface area contributed by atoms with Crippen LogP contribution in [0.25, 0.3) is 0 Å². The van der Waals surface area contributed by atoms with Gasteiger partial charge in [0.2, 0.25) is 18.6 Å². The Kier molecular flexibility index (Phi) is 4.05. The number of ether oxygens (including phenoxy) is 2. The lowest BCUT2D eigenvalue weighted by molar-refractivity contribution is -0.126. The van der Waals surface area contributed by atoms with Crippen LogP contribution in [0.4, 0.5) is 5.69 Å². The van der Waals surface area contributed by atoms with Gasteiger partial charge in [-0.25, -0.2) is 0 Å². The Morgan fingerprint density at radius 3 is 2.84 bits per heavy atom. The van der Waals surface area contributed by atoms with Crippen molar-refractivity contribution in [3.8, 4) is 11.5 Å². The summed E-state index contributed by atoms with van der Waals surface area (Å²) in [6.45, 7) is 1.83. The first kappa shape index (κ1) is 15.6. The second kappa shape index (κ2) is 6.51. The van der Waals surface area contributed by atoms with Crippen LogP contribution in [-0.4, -0.2) is 36.3 Å². The van der Waals surface area contributed by atoms with Gasteiger partial charge in [0.05, 0.1) is 5.92 Å². The van der Waals surface area contributed by atoms with Gasteiger partial charge in [-0.1, -0.05) is 0 Å². The van der Waals surface area contributed by atoms with Crippen LogP contribution in [0.3, 0.4) is 0 Å². The van der Waals surface area contributed by atoms with Gasteiger partial charge in [0.1, 0.15) is 0 Å². The number of amides is 2. The lowest BCUT2D eigenvalue weighted by atomic mass is 10.1. The maximum Gasteiger partial charge on any atom is 0.231 e. The van der Waals surface area contributed by atoms with E-state index in [1.165, 1.54) is 0 Å². The highest BCUT2D eigenvalue weighted by molar-refractivity contribution is 6.00. The smallest absolute Gasteiger partial charge is 0.231 e. The molecule has 2 aliphatic rings. The molecule has 25 heavy (non-hydrogen) atoms. The van der Waals surface area contributed by atoms with Crippen LogP contribution in [0, 0.1) is 5.92 Å². The number of nitrogens with zero attached hydrogens (tertiary/aromatic N) is 2. The number of nitrogens with one attached hydrogen (secondary N) is 1. The third-order valence-corrected chi connectivity index (χ3v) is 4.50. The largest absolute Gasteiger partial charge is 0.454 e. The molecule has 1 saturated heterocycles. The molecular formula is C18H19N3O4. The maximum absolute atomic E-state index is 12.3. The monoisotopic (exact) mass is 341 g/mol. The number of carbonyl (C=O) groups is 2. The zero-order valence-corrected chi connectivity index (χ0v) is 13.7. The van der Waals surface area contributed by atoms with Gasteiger partial charge in [-0.2, -0.15) is 0 Å². The molecule has 1 atom stereocenters. The Hall–Kier alpha value is -2.96. The summed E-state index contributed by atoms with van der Waals surface area (Å²) in [5.41, 5.74) is 0.733. The van der Waals surface area contributed by atoms with Crippen LogP contribution >= 0.6 is 0 Å². The van der Waals surface area contributed by atoms with E-state index in [-0.39, 0.29) is 30.9 Å². The average molecular weight is 341 g/mol. The van der Waals surface area contributed by atoms with E-state index in [9.17, 15) is 9.59 Å². The number of hydrogen-bond acceptors (Lipinski definition) is 4. The first-order chi connectivity index (χ1) is 12.2. The van der Waals surface area contributed by atoms with Crippen LogP contribution < -0.4 is 19.7 Å². The first-order valence-corrected chi connectivity index (χ1v) is 8.29. The van der Waals surface area contributed by atoms with E-state index in [1.807, 2.05) is 35.2 Å². The number of anilines is 1. The van der Waals surface area contributed by atoms with Gasteiger partial charge in [0, 0.05) is 50.2 Å². The second-order valence-corrected chi connectivity index (χ2v) is 6.15. The highest BCUT2D eigenvalue weighted by Crippen LogP contribution is 2.37. The molecule has 1 unspecified atom stereocenters. The molecule has 1 aromatic carbocycles. The van der Waals surface area contributed by atoms with Gasteiger partial charge in [-0.15, -0.1) is 0 Å². The van der Waals surface area contributed by atoms with Crippen LogP contribution in [-0.2, 0) is 16.1 Å². The lowest BCUT2D eigenvalue weighted by Crippen LogP contribution is -2.34. The first-order valence-electron chi connectivity index (χ1n) is 8.29. The molecule has 3 heterocycles. The van der Waals surface area contributed by atoms with Gasteiger partial charge in [-0.3, -0.25) is 9.59 Å². The summed E-state index contributed by atoms with van der Waals surface area (Å²) >= 11 is 0. The normalized spacial score (nSPS) is 18.6. The molecule has 0 saturated carbocycles. The fourth-order valence-electron chi connectivity index (χ4n) is 3.16. The molecule has 0 spiro atoms. The Balaban J connectivity index is 1.35. The van der Waals surface area contributed by atoms with Crippen molar-refractivity contribution in [3.63, 3.8) is 0 Å². The summed E-state index contributed by atoms with van der Waals surface area (Å²) in [5, 5.41) is 2.91. The minimum absolute atomic E-state index is 0.0515. The van der Waals surface area contributed by atoms with E-state index < -0.39 is 0 Å². The number of benzene rings is 1. The molecule has 0 aliphatic carbocycles. The quantitative estimate of drug-likeness (QED) is 0.892. The fourth-order valence-corrected chi connectivity index (χ4v) is 3.16. The zero-order chi connectivity index (χ0) is 17.2. The van der Waals surface area contributed by atoms with E-state index in [1.54, 1.807) is 17.0 Å². The third kappa shape index (κ3) is 3.17. The number of rotatable bonds is 5. The minimum atomic E-state index is -0.331. The lowest BCUT2D eigenvalue weighted by Gasteiger charge is -2.17. The number of aromatic nitrogens is 1. The van der Waals surface area contributed by atoms with E-state index in [4.69, 9.17) is 9.47 Å². The van der Waals surface area contributed by atoms with Gasteiger partial charge >= 0.3 is 0 Å². The summed E-state index contributed by atoms with van der Waals surface area (Å²) in [6.07, 6.45) is 4.13. The third-order valence-electron chi connectivity index (χ3n) is 4.50. The van der Waals surface area contributed by atoms with Crippen LogP contribution in [0.15, 0.2) is 42.7 Å². The highest BCUT2D eigenvalue weighted by Gasteiger charge is 2.35. The molecule has 0 bridgehead atoms. The van der Waals surface area contributed by atoms with Crippen molar-refractivity contribution < 1.29 is 19.1 Å². The van der Waals surface area contributed by atoms with Crippen molar-refractivity contribution in [2.75, 3.05) is 24.8 Å². The molecule has 7 heteroatoms. The molecular weight excluding hydrogens is 322 g/mol. The minimum Gasteiger partial charge on any atom is -0.454 e. The highest BCUT2D eigenvalue weighted by atomic mass is 16.7. The van der Waals surface area contributed by atoms with Crippen molar-refractivity contribution in [1.82, 2.24) is 9.88 Å². The molecule has 2 aliphatic heterocycles. The van der Waals surface area contributed by atoms with Crippen molar-refractivity contribution in [1.29, 1.82) is 0 Å². The molecule has 1 fully saturated rings. The molecule has 7 nitrogen and oxygen atoms in total. The van der Waals surface area contributed by atoms with E-state index in [0.29, 0.717) is 31.1 Å². The molecule has 2 aromatic rings. The van der Waals surface area contributed by atoms with Gasteiger partial charge in [0.25, 0.3) is 0 Å². The molecule has 1 aromatic heterocycles. The molecule has 0 radical (unpaired) electrons. The number of hydrogen-bond donors (Lipinski definition) is 1. The van der Waals surface area contributed by atoms with E-state index in [2.05, 4.69) is 5.32 Å². The fraction of sp³-hybridized carbons (Fsp3) is 0.333. The summed E-state index contributed by atoms with van der Waals surface area (Å²) in [4.78, 5) is 26.3.